The summed E-state index contributed by atoms with van der Waals surface area (Å²) in [5.41, 5.74) is 3.04. The van der Waals surface area contributed by atoms with E-state index in [-0.39, 0.29) is 16.6 Å². The third kappa shape index (κ3) is 3.88. The molecule has 4 aromatic rings. The summed E-state index contributed by atoms with van der Waals surface area (Å²) in [6.07, 6.45) is 7.26. The lowest BCUT2D eigenvalue weighted by Crippen LogP contribution is -2.17. The van der Waals surface area contributed by atoms with E-state index < -0.39 is 10.0 Å². The molecule has 0 aliphatic heterocycles. The number of nitrogens with zero attached hydrogens (tertiary/aromatic N) is 4. The van der Waals surface area contributed by atoms with Crippen LogP contribution in [0.4, 0.5) is 5.82 Å². The average Bonchev–Trinajstić information content (AvgIpc) is 3.47. The molecule has 10 nitrogen and oxygen atoms in total. The third-order valence-electron chi connectivity index (χ3n) is 5.72. The molecule has 0 saturated heterocycles. The lowest BCUT2D eigenvalue weighted by Gasteiger charge is -2.21. The molecule has 11 heteroatoms. The Labute approximate surface area is 190 Å². The summed E-state index contributed by atoms with van der Waals surface area (Å²) >= 11 is 0. The molecule has 1 aromatic carbocycles. The highest BCUT2D eigenvalue weighted by molar-refractivity contribution is 7.92. The molecule has 0 bridgehead atoms. The molecular weight excluding hydrogens is 446 g/mol. The van der Waals surface area contributed by atoms with E-state index in [1.165, 1.54) is 14.2 Å². The van der Waals surface area contributed by atoms with Gasteiger partial charge in [-0.1, -0.05) is 11.2 Å². The lowest BCUT2D eigenvalue weighted by molar-refractivity contribution is 0.394. The summed E-state index contributed by atoms with van der Waals surface area (Å²) in [7, 11) is -1.08. The zero-order chi connectivity index (χ0) is 23.0. The maximum atomic E-state index is 13.3. The highest BCUT2D eigenvalue weighted by atomic mass is 32.2. The summed E-state index contributed by atoms with van der Waals surface area (Å²) in [6, 6.07) is 6.93. The van der Waals surface area contributed by atoms with Gasteiger partial charge in [-0.3, -0.25) is 9.40 Å². The maximum Gasteiger partial charge on any atom is 0.266 e. The Balaban J connectivity index is 1.52. The zero-order valence-corrected chi connectivity index (χ0v) is 19.1. The molecule has 3 heterocycles. The normalized spacial score (nSPS) is 13.6. The molecule has 1 aliphatic rings. The fraction of sp³-hybridized carbons (Fsp3) is 0.318. The first-order chi connectivity index (χ1) is 16.0. The number of aromatic nitrogens is 4. The third-order valence-corrected chi connectivity index (χ3v) is 7.08. The Kier molecular flexibility index (Phi) is 5.41. The fourth-order valence-electron chi connectivity index (χ4n) is 4.23. The van der Waals surface area contributed by atoms with E-state index >= 15 is 0 Å². The minimum absolute atomic E-state index is 0.000220. The van der Waals surface area contributed by atoms with Crippen LogP contribution in [0.25, 0.3) is 11.0 Å². The second-order valence-electron chi connectivity index (χ2n) is 7.78. The van der Waals surface area contributed by atoms with Crippen molar-refractivity contribution in [3.63, 3.8) is 0 Å². The smallest absolute Gasteiger partial charge is 0.266 e. The SMILES string of the molecule is COc1c(S(=O)(=O)Nc2noc3cc(Cn4cccn4)nc(OC)c23)ccc2c1CCCC2. The molecule has 3 aromatic heterocycles. The van der Waals surface area contributed by atoms with Crippen molar-refractivity contribution < 1.29 is 22.4 Å². The second-order valence-corrected chi connectivity index (χ2v) is 9.43. The summed E-state index contributed by atoms with van der Waals surface area (Å²) in [5.74, 6) is 0.574. The number of fused-ring (bicyclic) bond motifs is 2. The van der Waals surface area contributed by atoms with E-state index in [1.54, 1.807) is 23.0 Å². The molecule has 0 unspecified atom stereocenters. The number of aryl methyl sites for hydroxylation is 1. The van der Waals surface area contributed by atoms with Gasteiger partial charge in [-0.2, -0.15) is 5.10 Å². The van der Waals surface area contributed by atoms with Gasteiger partial charge in [-0.15, -0.1) is 0 Å². The van der Waals surface area contributed by atoms with Crippen LogP contribution < -0.4 is 14.2 Å². The van der Waals surface area contributed by atoms with Gasteiger partial charge in [0, 0.05) is 18.5 Å². The number of methoxy groups -OCH3 is 2. The number of hydrogen-bond acceptors (Lipinski definition) is 8. The molecule has 172 valence electrons. The minimum Gasteiger partial charge on any atom is -0.495 e. The molecule has 1 aliphatic carbocycles. The molecule has 0 amide bonds. The van der Waals surface area contributed by atoms with Crippen LogP contribution in [0.15, 0.2) is 46.1 Å². The van der Waals surface area contributed by atoms with Gasteiger partial charge in [-0.05, 0) is 48.9 Å². The first-order valence-corrected chi connectivity index (χ1v) is 12.0. The standard InChI is InChI=1S/C22H23N5O5S/c1-30-20-16-7-4-3-6-14(16)8-9-18(20)33(28,29)26-21-19-17(32-25-21)12-15(24-22(19)31-2)13-27-11-5-10-23-27/h5,8-12H,3-4,6-7,13H2,1-2H3,(H,25,26). The van der Waals surface area contributed by atoms with Crippen LogP contribution in [0.5, 0.6) is 11.6 Å². The minimum atomic E-state index is -4.02. The van der Waals surface area contributed by atoms with Gasteiger partial charge in [0.15, 0.2) is 11.4 Å². The molecule has 0 fully saturated rings. The Hall–Kier alpha value is -3.60. The van der Waals surface area contributed by atoms with Gasteiger partial charge in [0.2, 0.25) is 5.88 Å². The first kappa shape index (κ1) is 21.3. The van der Waals surface area contributed by atoms with Crippen molar-refractivity contribution in [3.8, 4) is 11.6 Å². The van der Waals surface area contributed by atoms with Crippen molar-refractivity contribution in [3.05, 3.63) is 53.5 Å². The molecule has 0 radical (unpaired) electrons. The number of rotatable bonds is 7. The maximum absolute atomic E-state index is 13.3. The van der Waals surface area contributed by atoms with Crippen molar-refractivity contribution in [2.45, 2.75) is 37.1 Å². The summed E-state index contributed by atoms with van der Waals surface area (Å²) in [4.78, 5) is 4.54. The van der Waals surface area contributed by atoms with Crippen LogP contribution in [-0.2, 0) is 29.4 Å². The van der Waals surface area contributed by atoms with Gasteiger partial charge < -0.3 is 14.0 Å². The molecule has 0 saturated carbocycles. The number of benzene rings is 1. The molecule has 5 rings (SSSR count). The molecule has 1 N–H and O–H groups in total. The summed E-state index contributed by atoms with van der Waals surface area (Å²) < 4.78 is 47.3. The largest absolute Gasteiger partial charge is 0.495 e. The van der Waals surface area contributed by atoms with Gasteiger partial charge >= 0.3 is 0 Å². The first-order valence-electron chi connectivity index (χ1n) is 10.5. The number of ether oxygens (including phenoxy) is 2. The Morgan fingerprint density at radius 2 is 2.03 bits per heavy atom. The number of anilines is 1. The number of nitrogens with one attached hydrogen (secondary N) is 1. The Morgan fingerprint density at radius 1 is 1.18 bits per heavy atom. The van der Waals surface area contributed by atoms with Gasteiger partial charge in [0.05, 0.1) is 26.5 Å². The van der Waals surface area contributed by atoms with E-state index in [2.05, 4.69) is 20.0 Å². The second kappa shape index (κ2) is 8.39. The molecule has 0 spiro atoms. The van der Waals surface area contributed by atoms with E-state index in [4.69, 9.17) is 14.0 Å². The van der Waals surface area contributed by atoms with E-state index in [0.29, 0.717) is 29.0 Å². The average molecular weight is 470 g/mol. The predicted octanol–water partition coefficient (Wildman–Crippen LogP) is 3.16. The van der Waals surface area contributed by atoms with E-state index in [1.807, 2.05) is 18.3 Å². The van der Waals surface area contributed by atoms with Gasteiger partial charge in [-0.25, -0.2) is 13.4 Å². The fourth-order valence-corrected chi connectivity index (χ4v) is 5.43. The highest BCUT2D eigenvalue weighted by Crippen LogP contribution is 2.37. The quantitative estimate of drug-likeness (QED) is 0.438. The molecule has 33 heavy (non-hydrogen) atoms. The van der Waals surface area contributed by atoms with Crippen molar-refractivity contribution in [1.82, 2.24) is 19.9 Å². The van der Waals surface area contributed by atoms with E-state index in [9.17, 15) is 8.42 Å². The van der Waals surface area contributed by atoms with Gasteiger partial charge in [0.1, 0.15) is 16.0 Å². The lowest BCUT2D eigenvalue weighted by atomic mass is 9.91. The van der Waals surface area contributed by atoms with Crippen LogP contribution in [0.1, 0.15) is 29.7 Å². The van der Waals surface area contributed by atoms with Gasteiger partial charge in [0.25, 0.3) is 10.0 Å². The summed E-state index contributed by atoms with van der Waals surface area (Å²) in [5, 5.41) is 8.45. The number of sulfonamides is 1. The van der Waals surface area contributed by atoms with Crippen LogP contribution in [0.3, 0.4) is 0 Å². The molecule has 0 atom stereocenters. The summed E-state index contributed by atoms with van der Waals surface area (Å²) in [6.45, 7) is 0.396. The van der Waals surface area contributed by atoms with Crippen molar-refractivity contribution in [2.75, 3.05) is 18.9 Å². The Bertz CT molecular complexity index is 1410. The topological polar surface area (TPSA) is 121 Å². The number of pyridine rings is 1. The predicted molar refractivity (Wildman–Crippen MR) is 120 cm³/mol. The monoisotopic (exact) mass is 469 g/mol. The van der Waals surface area contributed by atoms with Crippen LogP contribution in [0.2, 0.25) is 0 Å². The van der Waals surface area contributed by atoms with Crippen LogP contribution in [0, 0.1) is 0 Å². The van der Waals surface area contributed by atoms with Crippen molar-refractivity contribution >= 4 is 26.8 Å². The van der Waals surface area contributed by atoms with Crippen LogP contribution >= 0.6 is 0 Å². The number of hydrogen-bond donors (Lipinski definition) is 1. The van der Waals surface area contributed by atoms with Crippen molar-refractivity contribution in [2.24, 2.45) is 0 Å². The Morgan fingerprint density at radius 3 is 2.79 bits per heavy atom. The highest BCUT2D eigenvalue weighted by Gasteiger charge is 2.28. The van der Waals surface area contributed by atoms with E-state index in [0.717, 1.165) is 36.8 Å². The zero-order valence-electron chi connectivity index (χ0n) is 18.2. The van der Waals surface area contributed by atoms with Crippen LogP contribution in [-0.4, -0.2) is 42.6 Å². The van der Waals surface area contributed by atoms with Crippen molar-refractivity contribution in [1.29, 1.82) is 0 Å². The molecular formula is C22H23N5O5S.